The molecular formula is C23H23N3O3S. The van der Waals surface area contributed by atoms with Crippen molar-refractivity contribution in [3.8, 4) is 5.75 Å². The maximum absolute atomic E-state index is 12.0. The third-order valence-corrected chi connectivity index (χ3v) is 5.41. The second-order valence-corrected chi connectivity index (χ2v) is 7.60. The normalized spacial score (nSPS) is 11.1. The van der Waals surface area contributed by atoms with Crippen molar-refractivity contribution in [2.24, 2.45) is 0 Å². The van der Waals surface area contributed by atoms with Gasteiger partial charge in [-0.1, -0.05) is 43.7 Å². The largest absolute Gasteiger partial charge is 0.485 e. The number of aromatic nitrogens is 3. The molecule has 0 saturated carbocycles. The first-order chi connectivity index (χ1) is 14.6. The van der Waals surface area contributed by atoms with E-state index in [0.29, 0.717) is 28.5 Å². The Morgan fingerprint density at radius 1 is 1.20 bits per heavy atom. The van der Waals surface area contributed by atoms with E-state index >= 15 is 0 Å². The monoisotopic (exact) mass is 421 g/mol. The zero-order valence-corrected chi connectivity index (χ0v) is 17.8. The van der Waals surface area contributed by atoms with Crippen molar-refractivity contribution in [3.63, 3.8) is 0 Å². The Morgan fingerprint density at radius 2 is 2.00 bits per heavy atom. The number of rotatable bonds is 7. The van der Waals surface area contributed by atoms with Gasteiger partial charge < -0.3 is 9.15 Å². The molecule has 6 nitrogen and oxygen atoms in total. The molecule has 0 fully saturated rings. The number of hydrogen-bond acceptors (Lipinski definition) is 5. The molecular weight excluding hydrogens is 398 g/mol. The van der Waals surface area contributed by atoms with E-state index in [9.17, 15) is 4.79 Å². The first-order valence-electron chi connectivity index (χ1n) is 9.94. The van der Waals surface area contributed by atoms with E-state index in [4.69, 9.17) is 21.4 Å². The molecule has 0 bridgehead atoms. The predicted octanol–water partition coefficient (Wildman–Crippen LogP) is 4.94. The number of H-pyrrole nitrogens is 1. The van der Waals surface area contributed by atoms with Gasteiger partial charge in [0.15, 0.2) is 10.6 Å². The smallest absolute Gasteiger partial charge is 0.336 e. The van der Waals surface area contributed by atoms with Crippen molar-refractivity contribution in [1.82, 2.24) is 14.8 Å². The Morgan fingerprint density at radius 3 is 2.77 bits per heavy atom. The van der Waals surface area contributed by atoms with Gasteiger partial charge in [0.25, 0.3) is 0 Å². The van der Waals surface area contributed by atoms with Crippen LogP contribution in [0.5, 0.6) is 5.75 Å². The fourth-order valence-corrected chi connectivity index (χ4v) is 3.79. The molecule has 0 unspecified atom stereocenters. The number of nitrogens with zero attached hydrogens (tertiary/aromatic N) is 2. The molecule has 30 heavy (non-hydrogen) atoms. The summed E-state index contributed by atoms with van der Waals surface area (Å²) in [5.41, 5.74) is 3.17. The fraction of sp³-hybridized carbons (Fsp3) is 0.261. The zero-order chi connectivity index (χ0) is 21.1. The summed E-state index contributed by atoms with van der Waals surface area (Å²) in [7, 11) is 0. The van der Waals surface area contributed by atoms with Gasteiger partial charge in [0, 0.05) is 17.0 Å². The highest BCUT2D eigenvalue weighted by Crippen LogP contribution is 2.29. The van der Waals surface area contributed by atoms with Crippen LogP contribution >= 0.6 is 12.2 Å². The molecule has 154 valence electrons. The van der Waals surface area contributed by atoms with Crippen molar-refractivity contribution in [3.05, 3.63) is 86.2 Å². The van der Waals surface area contributed by atoms with Gasteiger partial charge in [0.2, 0.25) is 0 Å². The molecule has 4 rings (SSSR count). The van der Waals surface area contributed by atoms with Crippen LogP contribution in [-0.4, -0.2) is 14.8 Å². The molecule has 0 amide bonds. The summed E-state index contributed by atoms with van der Waals surface area (Å²) in [5, 5.41) is 8.11. The zero-order valence-electron chi connectivity index (χ0n) is 17.0. The summed E-state index contributed by atoms with van der Waals surface area (Å²) >= 11 is 5.38. The van der Waals surface area contributed by atoms with E-state index in [1.165, 1.54) is 0 Å². The molecule has 0 spiro atoms. The van der Waals surface area contributed by atoms with Crippen LogP contribution in [0.25, 0.3) is 11.0 Å². The maximum Gasteiger partial charge on any atom is 0.336 e. The van der Waals surface area contributed by atoms with Crippen LogP contribution in [0, 0.1) is 11.7 Å². The molecule has 1 N–H and O–H groups in total. The molecule has 4 aromatic rings. The van der Waals surface area contributed by atoms with Crippen LogP contribution in [0.2, 0.25) is 0 Å². The highest BCUT2D eigenvalue weighted by molar-refractivity contribution is 7.71. The molecule has 0 atom stereocenters. The lowest BCUT2D eigenvalue weighted by Crippen LogP contribution is -2.09. The van der Waals surface area contributed by atoms with Gasteiger partial charge in [-0.15, -0.1) is 0 Å². The van der Waals surface area contributed by atoms with E-state index in [1.54, 1.807) is 6.07 Å². The minimum absolute atomic E-state index is 0.241. The molecule has 0 radical (unpaired) electrons. The van der Waals surface area contributed by atoms with E-state index in [-0.39, 0.29) is 12.2 Å². The van der Waals surface area contributed by atoms with Crippen molar-refractivity contribution >= 4 is 23.2 Å². The molecule has 0 aliphatic rings. The molecule has 2 aromatic carbocycles. The number of hydrogen-bond donors (Lipinski definition) is 1. The summed E-state index contributed by atoms with van der Waals surface area (Å²) in [6, 6.07) is 15.5. The molecule has 0 aliphatic heterocycles. The highest BCUT2D eigenvalue weighted by atomic mass is 32.1. The number of benzene rings is 2. The highest BCUT2D eigenvalue weighted by Gasteiger charge is 2.13. The van der Waals surface area contributed by atoms with Crippen molar-refractivity contribution < 1.29 is 9.15 Å². The topological polar surface area (TPSA) is 73.1 Å². The lowest BCUT2D eigenvalue weighted by molar-refractivity contribution is 0.288. The second kappa shape index (κ2) is 8.67. The molecule has 0 saturated heterocycles. The minimum Gasteiger partial charge on any atom is -0.485 e. The molecule has 2 heterocycles. The van der Waals surface area contributed by atoms with E-state index in [2.05, 4.69) is 17.1 Å². The van der Waals surface area contributed by atoms with E-state index < -0.39 is 0 Å². The third-order valence-electron chi connectivity index (χ3n) is 5.09. The summed E-state index contributed by atoms with van der Waals surface area (Å²) in [4.78, 5) is 12.0. The number of fused-ring (bicyclic) bond motifs is 1. The van der Waals surface area contributed by atoms with Gasteiger partial charge in [-0.2, -0.15) is 5.10 Å². The van der Waals surface area contributed by atoms with Crippen LogP contribution in [0.1, 0.15) is 35.9 Å². The summed E-state index contributed by atoms with van der Waals surface area (Å²) in [5.74, 6) is 1.35. The van der Waals surface area contributed by atoms with E-state index in [0.717, 1.165) is 34.9 Å². The van der Waals surface area contributed by atoms with Crippen LogP contribution in [0.15, 0.2) is 57.7 Å². The van der Waals surface area contributed by atoms with Crippen molar-refractivity contribution in [1.29, 1.82) is 0 Å². The summed E-state index contributed by atoms with van der Waals surface area (Å²) in [6.45, 7) is 4.84. The SMILES string of the molecule is CCCc1cc(=O)oc2c(C)c(OCc3n[nH]c(=S)n3Cc3ccccc3)ccc12. The second-order valence-electron chi connectivity index (χ2n) is 7.21. The first-order valence-corrected chi connectivity index (χ1v) is 10.3. The number of aromatic amines is 1. The van der Waals surface area contributed by atoms with Crippen LogP contribution in [-0.2, 0) is 19.6 Å². The van der Waals surface area contributed by atoms with Crippen LogP contribution < -0.4 is 10.4 Å². The quantitative estimate of drug-likeness (QED) is 0.338. The molecule has 2 aromatic heterocycles. The maximum atomic E-state index is 12.0. The van der Waals surface area contributed by atoms with Gasteiger partial charge in [0.1, 0.15) is 17.9 Å². The van der Waals surface area contributed by atoms with Crippen molar-refractivity contribution in [2.75, 3.05) is 0 Å². The molecule has 7 heteroatoms. The first kappa shape index (κ1) is 20.1. The Balaban J connectivity index is 1.61. The van der Waals surface area contributed by atoms with Gasteiger partial charge >= 0.3 is 5.63 Å². The predicted molar refractivity (Wildman–Crippen MR) is 119 cm³/mol. The molecule has 0 aliphatic carbocycles. The number of ether oxygens (including phenoxy) is 1. The Labute approximate surface area is 179 Å². The summed E-state index contributed by atoms with van der Waals surface area (Å²) in [6.07, 6.45) is 1.79. The van der Waals surface area contributed by atoms with Crippen LogP contribution in [0.4, 0.5) is 0 Å². The van der Waals surface area contributed by atoms with Gasteiger partial charge in [-0.25, -0.2) is 4.79 Å². The van der Waals surface area contributed by atoms with Gasteiger partial charge in [-0.05, 0) is 48.8 Å². The fourth-order valence-electron chi connectivity index (χ4n) is 3.57. The lowest BCUT2D eigenvalue weighted by atomic mass is 10.0. The number of nitrogens with one attached hydrogen (secondary N) is 1. The minimum atomic E-state index is -0.338. The third kappa shape index (κ3) is 4.07. The standard InChI is InChI=1S/C23H23N3O3S/c1-3-7-17-12-21(27)29-22-15(2)19(11-10-18(17)22)28-14-20-24-25-23(30)26(20)13-16-8-5-4-6-9-16/h4-6,8-12H,3,7,13-14H2,1-2H3,(H,25,30). The van der Waals surface area contributed by atoms with Gasteiger partial charge in [-0.3, -0.25) is 9.67 Å². The average Bonchev–Trinajstić information content (AvgIpc) is 3.08. The van der Waals surface area contributed by atoms with E-state index in [1.807, 2.05) is 54.0 Å². The Kier molecular flexibility index (Phi) is 5.81. The Hall–Kier alpha value is -3.19. The summed E-state index contributed by atoms with van der Waals surface area (Å²) < 4.78 is 14.0. The van der Waals surface area contributed by atoms with Crippen LogP contribution in [0.3, 0.4) is 0 Å². The average molecular weight is 422 g/mol. The van der Waals surface area contributed by atoms with Gasteiger partial charge in [0.05, 0.1) is 6.54 Å². The Bertz CT molecular complexity index is 1290. The number of aryl methyl sites for hydroxylation is 2. The lowest BCUT2D eigenvalue weighted by Gasteiger charge is -2.13. The van der Waals surface area contributed by atoms with Crippen molar-refractivity contribution in [2.45, 2.75) is 39.8 Å².